The number of nitrogens with one attached hydrogen (secondary N) is 2. The first-order valence-electron chi connectivity index (χ1n) is 5.16. The van der Waals surface area contributed by atoms with Crippen molar-refractivity contribution in [3.63, 3.8) is 0 Å². The zero-order chi connectivity index (χ0) is 9.54. The smallest absolute Gasteiger partial charge is 0.0459 e. The zero-order valence-corrected chi connectivity index (χ0v) is 8.30. The normalized spacial score (nSPS) is 21.1. The van der Waals surface area contributed by atoms with Crippen molar-refractivity contribution in [2.75, 3.05) is 0 Å². The largest absolute Gasteiger partial charge is 0.357 e. The Hall–Kier alpha value is -1.28. The van der Waals surface area contributed by atoms with Crippen LogP contribution in [-0.2, 0) is 13.0 Å². The van der Waals surface area contributed by atoms with Crippen LogP contribution in [0.2, 0.25) is 0 Å². The predicted octanol–water partition coefficient (Wildman–Crippen LogP) is 2.20. The number of aromatic amines is 1. The molecular weight excluding hydrogens is 172 g/mol. The fourth-order valence-corrected chi connectivity index (χ4v) is 2.29. The van der Waals surface area contributed by atoms with Crippen LogP contribution in [0.1, 0.15) is 18.2 Å². The van der Waals surface area contributed by atoms with Crippen molar-refractivity contribution >= 4 is 10.9 Å². The average molecular weight is 186 g/mol. The van der Waals surface area contributed by atoms with E-state index in [0.29, 0.717) is 6.04 Å². The molecule has 2 aromatic rings. The third kappa shape index (κ3) is 1.07. The summed E-state index contributed by atoms with van der Waals surface area (Å²) in [5, 5.41) is 4.87. The maximum atomic E-state index is 3.47. The van der Waals surface area contributed by atoms with Crippen molar-refractivity contribution < 1.29 is 0 Å². The van der Waals surface area contributed by atoms with E-state index in [2.05, 4.69) is 41.5 Å². The number of fused-ring (bicyclic) bond motifs is 3. The van der Waals surface area contributed by atoms with Gasteiger partial charge in [0.25, 0.3) is 0 Å². The van der Waals surface area contributed by atoms with E-state index in [9.17, 15) is 0 Å². The van der Waals surface area contributed by atoms with Crippen LogP contribution in [0.15, 0.2) is 24.3 Å². The molecule has 2 heteroatoms. The van der Waals surface area contributed by atoms with E-state index in [1.54, 1.807) is 0 Å². The fraction of sp³-hybridized carbons (Fsp3) is 0.333. The number of hydrogen-bond donors (Lipinski definition) is 2. The van der Waals surface area contributed by atoms with Gasteiger partial charge in [0.2, 0.25) is 0 Å². The average Bonchev–Trinajstić information content (AvgIpc) is 2.56. The van der Waals surface area contributed by atoms with E-state index in [1.807, 2.05) is 0 Å². The van der Waals surface area contributed by atoms with Crippen molar-refractivity contribution in [1.82, 2.24) is 10.3 Å². The van der Waals surface area contributed by atoms with Gasteiger partial charge < -0.3 is 10.3 Å². The maximum absolute atomic E-state index is 3.47. The van der Waals surface area contributed by atoms with Crippen LogP contribution in [0.3, 0.4) is 0 Å². The number of benzene rings is 1. The van der Waals surface area contributed by atoms with Gasteiger partial charge in [-0.05, 0) is 25.0 Å². The molecule has 0 spiro atoms. The first-order valence-corrected chi connectivity index (χ1v) is 5.16. The molecule has 1 aliphatic heterocycles. The second-order valence-electron chi connectivity index (χ2n) is 4.11. The molecule has 0 fully saturated rings. The summed E-state index contributed by atoms with van der Waals surface area (Å²) in [6.07, 6.45) is 1.14. The summed E-state index contributed by atoms with van der Waals surface area (Å²) in [5.74, 6) is 0. The van der Waals surface area contributed by atoms with Gasteiger partial charge in [0.05, 0.1) is 0 Å². The molecule has 1 aliphatic rings. The summed E-state index contributed by atoms with van der Waals surface area (Å²) in [4.78, 5) is 3.47. The van der Waals surface area contributed by atoms with Crippen molar-refractivity contribution in [2.24, 2.45) is 0 Å². The highest BCUT2D eigenvalue weighted by Gasteiger charge is 2.18. The minimum atomic E-state index is 0.599. The van der Waals surface area contributed by atoms with E-state index in [-0.39, 0.29) is 0 Å². The van der Waals surface area contributed by atoms with Crippen LogP contribution < -0.4 is 5.32 Å². The van der Waals surface area contributed by atoms with E-state index in [1.165, 1.54) is 22.2 Å². The van der Waals surface area contributed by atoms with Gasteiger partial charge in [0, 0.05) is 29.2 Å². The Kier molecular flexibility index (Phi) is 1.64. The van der Waals surface area contributed by atoms with Crippen molar-refractivity contribution in [1.29, 1.82) is 0 Å². The van der Waals surface area contributed by atoms with E-state index in [4.69, 9.17) is 0 Å². The van der Waals surface area contributed by atoms with Crippen LogP contribution >= 0.6 is 0 Å². The molecule has 0 bridgehead atoms. The molecule has 0 radical (unpaired) electrons. The topological polar surface area (TPSA) is 27.8 Å². The Morgan fingerprint density at radius 1 is 1.29 bits per heavy atom. The Bertz CT molecular complexity index is 470. The van der Waals surface area contributed by atoms with Crippen LogP contribution in [0.25, 0.3) is 10.9 Å². The molecule has 0 amide bonds. The Labute approximate surface area is 83.3 Å². The van der Waals surface area contributed by atoms with Gasteiger partial charge in [0.1, 0.15) is 0 Å². The summed E-state index contributed by atoms with van der Waals surface area (Å²) in [5.41, 5.74) is 4.14. The van der Waals surface area contributed by atoms with Crippen LogP contribution in [0.5, 0.6) is 0 Å². The second kappa shape index (κ2) is 2.85. The summed E-state index contributed by atoms with van der Waals surface area (Å²) in [6.45, 7) is 3.22. The molecule has 72 valence electrons. The maximum Gasteiger partial charge on any atom is 0.0459 e. The zero-order valence-electron chi connectivity index (χ0n) is 8.30. The molecule has 1 aromatic carbocycles. The lowest BCUT2D eigenvalue weighted by atomic mass is 10.00. The molecule has 2 N–H and O–H groups in total. The molecule has 14 heavy (non-hydrogen) atoms. The summed E-state index contributed by atoms with van der Waals surface area (Å²) in [6, 6.07) is 9.16. The lowest BCUT2D eigenvalue weighted by Crippen LogP contribution is -2.32. The number of para-hydroxylation sites is 1. The molecule has 0 saturated heterocycles. The minimum Gasteiger partial charge on any atom is -0.357 e. The van der Waals surface area contributed by atoms with E-state index in [0.717, 1.165) is 13.0 Å². The lowest BCUT2D eigenvalue weighted by molar-refractivity contribution is 0.511. The highest BCUT2D eigenvalue weighted by Crippen LogP contribution is 2.25. The molecule has 0 saturated carbocycles. The molecular formula is C12H14N2. The SMILES string of the molecule is C[C@H]1Cc2c([nH]c3ccccc23)CN1. The van der Waals surface area contributed by atoms with Crippen LogP contribution in [0, 0.1) is 0 Å². The molecule has 1 aromatic heterocycles. The molecule has 0 aliphatic carbocycles. The Morgan fingerprint density at radius 3 is 3.07 bits per heavy atom. The third-order valence-corrected chi connectivity index (χ3v) is 3.04. The van der Waals surface area contributed by atoms with Crippen LogP contribution in [0.4, 0.5) is 0 Å². The van der Waals surface area contributed by atoms with Gasteiger partial charge in [-0.1, -0.05) is 18.2 Å². The van der Waals surface area contributed by atoms with Gasteiger partial charge in [-0.3, -0.25) is 0 Å². The van der Waals surface area contributed by atoms with Gasteiger partial charge >= 0.3 is 0 Å². The fourth-order valence-electron chi connectivity index (χ4n) is 2.29. The Balaban J connectivity index is 2.25. The number of aromatic nitrogens is 1. The lowest BCUT2D eigenvalue weighted by Gasteiger charge is -2.20. The number of rotatable bonds is 0. The van der Waals surface area contributed by atoms with Gasteiger partial charge in [-0.25, -0.2) is 0 Å². The van der Waals surface area contributed by atoms with Crippen LogP contribution in [-0.4, -0.2) is 11.0 Å². The molecule has 1 atom stereocenters. The third-order valence-electron chi connectivity index (χ3n) is 3.04. The number of H-pyrrole nitrogens is 1. The van der Waals surface area contributed by atoms with Gasteiger partial charge in [0.15, 0.2) is 0 Å². The first-order chi connectivity index (χ1) is 6.84. The van der Waals surface area contributed by atoms with Crippen molar-refractivity contribution in [3.05, 3.63) is 35.5 Å². The molecule has 3 rings (SSSR count). The highest BCUT2D eigenvalue weighted by atomic mass is 14.9. The van der Waals surface area contributed by atoms with E-state index < -0.39 is 0 Å². The first kappa shape index (κ1) is 8.06. The quantitative estimate of drug-likeness (QED) is 0.648. The highest BCUT2D eigenvalue weighted by molar-refractivity contribution is 5.84. The minimum absolute atomic E-state index is 0.599. The standard InChI is InChI=1S/C12H14N2/c1-8-6-10-9-4-2-3-5-11(9)14-12(10)7-13-8/h2-5,8,13-14H,6-7H2,1H3/t8-/m0/s1. The van der Waals surface area contributed by atoms with Crippen molar-refractivity contribution in [2.45, 2.75) is 25.9 Å². The summed E-state index contributed by atoms with van der Waals surface area (Å²) in [7, 11) is 0. The molecule has 0 unspecified atom stereocenters. The Morgan fingerprint density at radius 2 is 2.14 bits per heavy atom. The summed E-state index contributed by atoms with van der Waals surface area (Å²) >= 11 is 0. The van der Waals surface area contributed by atoms with Crippen molar-refractivity contribution in [3.8, 4) is 0 Å². The molecule has 2 nitrogen and oxygen atoms in total. The van der Waals surface area contributed by atoms with Gasteiger partial charge in [-0.2, -0.15) is 0 Å². The second-order valence-corrected chi connectivity index (χ2v) is 4.11. The van der Waals surface area contributed by atoms with Gasteiger partial charge in [-0.15, -0.1) is 0 Å². The number of hydrogen-bond acceptors (Lipinski definition) is 1. The predicted molar refractivity (Wildman–Crippen MR) is 58.3 cm³/mol. The summed E-state index contributed by atoms with van der Waals surface area (Å²) < 4.78 is 0. The monoisotopic (exact) mass is 186 g/mol. The molecule has 2 heterocycles. The van der Waals surface area contributed by atoms with E-state index >= 15 is 0 Å².